The lowest BCUT2D eigenvalue weighted by molar-refractivity contribution is -0.150. The average Bonchev–Trinajstić information content (AvgIpc) is 2.99. The summed E-state index contributed by atoms with van der Waals surface area (Å²) in [5.74, 6) is -1.54. The molecular weight excluding hydrogens is 512 g/mol. The number of esters is 2. The Hall–Kier alpha value is -4.66. The molecule has 3 aromatic rings. The van der Waals surface area contributed by atoms with E-state index in [1.54, 1.807) is 0 Å². The highest BCUT2D eigenvalue weighted by Crippen LogP contribution is 2.09. The Kier molecular flexibility index (Phi) is 12.7. The van der Waals surface area contributed by atoms with Gasteiger partial charge in [0.15, 0.2) is 0 Å². The zero-order chi connectivity index (χ0) is 28.4. The summed E-state index contributed by atoms with van der Waals surface area (Å²) < 4.78 is 15.8. The number of carbonyl (C=O) groups is 4. The minimum absolute atomic E-state index is 0.0248. The summed E-state index contributed by atoms with van der Waals surface area (Å²) in [6, 6.07) is 26.7. The number of benzene rings is 3. The largest absolute Gasteiger partial charge is 0.461 e. The van der Waals surface area contributed by atoms with Crippen molar-refractivity contribution >= 4 is 23.9 Å². The maximum absolute atomic E-state index is 12.8. The number of carbonyl (C=O) groups excluding carboxylic acids is 4. The van der Waals surface area contributed by atoms with Crippen molar-refractivity contribution in [3.63, 3.8) is 0 Å². The fourth-order valence-electron chi connectivity index (χ4n) is 3.63. The normalized spacial score (nSPS) is 11.1. The van der Waals surface area contributed by atoms with Gasteiger partial charge in [0.1, 0.15) is 25.9 Å². The van der Waals surface area contributed by atoms with Crippen LogP contribution in [0.15, 0.2) is 91.0 Å². The van der Waals surface area contributed by atoms with Crippen molar-refractivity contribution in [2.75, 3.05) is 6.54 Å². The van der Waals surface area contributed by atoms with E-state index >= 15 is 0 Å². The maximum atomic E-state index is 12.8. The molecule has 0 radical (unpaired) electrons. The molecule has 1 unspecified atom stereocenters. The highest BCUT2D eigenvalue weighted by Gasteiger charge is 2.24. The monoisotopic (exact) mass is 546 g/mol. The standard InChI is InChI=1S/C31H34N2O7/c34-28(17-10-20-32-31(37)40-23-26-15-8-3-9-16-26)33-27(30(36)39-22-25-13-6-2-7-14-25)18-19-29(35)38-21-24-11-4-1-5-12-24/h1-9,11-16,27H,10,17-23H2,(H,32,37)(H,33,34). The van der Waals surface area contributed by atoms with Crippen molar-refractivity contribution < 1.29 is 33.4 Å². The van der Waals surface area contributed by atoms with Crippen LogP contribution in [-0.4, -0.2) is 36.5 Å². The van der Waals surface area contributed by atoms with Gasteiger partial charge >= 0.3 is 18.0 Å². The first-order valence-corrected chi connectivity index (χ1v) is 13.1. The van der Waals surface area contributed by atoms with E-state index < -0.39 is 30.0 Å². The van der Waals surface area contributed by atoms with Crippen LogP contribution < -0.4 is 10.6 Å². The fourth-order valence-corrected chi connectivity index (χ4v) is 3.63. The van der Waals surface area contributed by atoms with E-state index in [9.17, 15) is 19.2 Å². The van der Waals surface area contributed by atoms with E-state index in [0.717, 1.165) is 16.7 Å². The Bertz CT molecular complexity index is 1200. The molecule has 9 nitrogen and oxygen atoms in total. The van der Waals surface area contributed by atoms with Gasteiger partial charge in [-0.1, -0.05) is 91.0 Å². The second-order valence-corrected chi connectivity index (χ2v) is 8.99. The molecule has 2 amide bonds. The van der Waals surface area contributed by atoms with E-state index in [4.69, 9.17) is 14.2 Å². The molecule has 0 aliphatic heterocycles. The lowest BCUT2D eigenvalue weighted by Crippen LogP contribution is -2.42. The van der Waals surface area contributed by atoms with Gasteiger partial charge in [-0.25, -0.2) is 9.59 Å². The summed E-state index contributed by atoms with van der Waals surface area (Å²) in [4.78, 5) is 49.5. The molecule has 0 aromatic heterocycles. The van der Waals surface area contributed by atoms with Crippen LogP contribution in [0.4, 0.5) is 4.79 Å². The highest BCUT2D eigenvalue weighted by molar-refractivity contribution is 5.85. The number of amides is 2. The van der Waals surface area contributed by atoms with Crippen LogP contribution in [0.3, 0.4) is 0 Å². The number of ether oxygens (including phenoxy) is 3. The van der Waals surface area contributed by atoms with Crippen LogP contribution in [0, 0.1) is 0 Å². The lowest BCUT2D eigenvalue weighted by atomic mass is 10.1. The zero-order valence-electron chi connectivity index (χ0n) is 22.3. The number of nitrogens with one attached hydrogen (secondary N) is 2. The molecule has 0 aliphatic carbocycles. The molecule has 0 spiro atoms. The zero-order valence-corrected chi connectivity index (χ0v) is 22.3. The Morgan fingerprint density at radius 3 is 1.68 bits per heavy atom. The molecule has 1 atom stereocenters. The molecule has 9 heteroatoms. The molecule has 0 saturated carbocycles. The van der Waals surface area contributed by atoms with Crippen molar-refractivity contribution in [2.45, 2.75) is 51.5 Å². The van der Waals surface area contributed by atoms with Gasteiger partial charge in [0.2, 0.25) is 5.91 Å². The highest BCUT2D eigenvalue weighted by atomic mass is 16.5. The van der Waals surface area contributed by atoms with E-state index in [0.29, 0.717) is 6.42 Å². The van der Waals surface area contributed by atoms with Crippen molar-refractivity contribution in [3.05, 3.63) is 108 Å². The van der Waals surface area contributed by atoms with Gasteiger partial charge in [0, 0.05) is 19.4 Å². The van der Waals surface area contributed by atoms with E-state index in [1.165, 1.54) is 0 Å². The summed E-state index contributed by atoms with van der Waals surface area (Å²) in [6.07, 6.45) is -0.248. The molecule has 0 bridgehead atoms. The van der Waals surface area contributed by atoms with Gasteiger partial charge in [-0.15, -0.1) is 0 Å². The predicted octanol–water partition coefficient (Wildman–Crippen LogP) is 4.44. The van der Waals surface area contributed by atoms with Crippen LogP contribution in [-0.2, 0) is 48.4 Å². The van der Waals surface area contributed by atoms with E-state index in [1.807, 2.05) is 91.0 Å². The van der Waals surface area contributed by atoms with E-state index in [-0.39, 0.29) is 45.6 Å². The Morgan fingerprint density at radius 1 is 0.625 bits per heavy atom. The van der Waals surface area contributed by atoms with Crippen LogP contribution in [0.5, 0.6) is 0 Å². The molecule has 2 N–H and O–H groups in total. The quantitative estimate of drug-likeness (QED) is 0.164. The third-order valence-electron chi connectivity index (χ3n) is 5.79. The molecule has 210 valence electrons. The lowest BCUT2D eigenvalue weighted by Gasteiger charge is -2.18. The third-order valence-corrected chi connectivity index (χ3v) is 5.79. The first-order valence-electron chi connectivity index (χ1n) is 13.1. The summed E-state index contributed by atoms with van der Waals surface area (Å²) in [7, 11) is 0. The van der Waals surface area contributed by atoms with Crippen molar-refractivity contribution in [2.24, 2.45) is 0 Å². The Morgan fingerprint density at radius 2 is 1.12 bits per heavy atom. The number of hydrogen-bond acceptors (Lipinski definition) is 7. The third kappa shape index (κ3) is 11.8. The molecular formula is C31H34N2O7. The smallest absolute Gasteiger partial charge is 0.407 e. The van der Waals surface area contributed by atoms with Crippen molar-refractivity contribution in [3.8, 4) is 0 Å². The topological polar surface area (TPSA) is 120 Å². The Balaban J connectivity index is 1.42. The van der Waals surface area contributed by atoms with Crippen LogP contribution in [0.1, 0.15) is 42.4 Å². The minimum Gasteiger partial charge on any atom is -0.461 e. The van der Waals surface area contributed by atoms with Gasteiger partial charge in [0.25, 0.3) is 0 Å². The second-order valence-electron chi connectivity index (χ2n) is 8.99. The van der Waals surface area contributed by atoms with Crippen LogP contribution in [0.25, 0.3) is 0 Å². The first-order chi connectivity index (χ1) is 19.5. The number of hydrogen-bond donors (Lipinski definition) is 2. The summed E-state index contributed by atoms with van der Waals surface area (Å²) in [6.45, 7) is 0.527. The Labute approximate surface area is 233 Å². The molecule has 0 fully saturated rings. The number of alkyl carbamates (subject to hydrolysis) is 1. The SMILES string of the molecule is O=C(CCCNC(=O)OCc1ccccc1)NC(CCC(=O)OCc1ccccc1)C(=O)OCc1ccccc1. The van der Waals surface area contributed by atoms with E-state index in [2.05, 4.69) is 10.6 Å². The minimum atomic E-state index is -1.02. The molecule has 40 heavy (non-hydrogen) atoms. The molecule has 0 saturated heterocycles. The molecule has 3 aromatic carbocycles. The van der Waals surface area contributed by atoms with Gasteiger partial charge in [-0.05, 0) is 29.5 Å². The second kappa shape index (κ2) is 17.0. The first kappa shape index (κ1) is 29.9. The fraction of sp³-hybridized carbons (Fsp3) is 0.290. The van der Waals surface area contributed by atoms with Crippen LogP contribution >= 0.6 is 0 Å². The van der Waals surface area contributed by atoms with Crippen LogP contribution in [0.2, 0.25) is 0 Å². The van der Waals surface area contributed by atoms with Gasteiger partial charge in [0.05, 0.1) is 0 Å². The van der Waals surface area contributed by atoms with Gasteiger partial charge < -0.3 is 24.8 Å². The maximum Gasteiger partial charge on any atom is 0.407 e. The van der Waals surface area contributed by atoms with Gasteiger partial charge in [-0.2, -0.15) is 0 Å². The average molecular weight is 547 g/mol. The molecule has 0 heterocycles. The van der Waals surface area contributed by atoms with Crippen molar-refractivity contribution in [1.82, 2.24) is 10.6 Å². The van der Waals surface area contributed by atoms with Gasteiger partial charge in [-0.3, -0.25) is 9.59 Å². The molecule has 3 rings (SSSR count). The van der Waals surface area contributed by atoms with Crippen molar-refractivity contribution in [1.29, 1.82) is 0 Å². The summed E-state index contributed by atoms with van der Waals surface area (Å²) in [5.41, 5.74) is 2.51. The summed E-state index contributed by atoms with van der Waals surface area (Å²) in [5, 5.41) is 5.25. The summed E-state index contributed by atoms with van der Waals surface area (Å²) >= 11 is 0. The number of rotatable bonds is 15. The molecule has 0 aliphatic rings. The predicted molar refractivity (Wildman–Crippen MR) is 148 cm³/mol.